The molecule has 3 heteroatoms. The van der Waals surface area contributed by atoms with Crippen LogP contribution in [0.3, 0.4) is 0 Å². The molecule has 0 fully saturated rings. The van der Waals surface area contributed by atoms with Gasteiger partial charge in [-0.15, -0.1) is 0 Å². The van der Waals surface area contributed by atoms with E-state index in [1.54, 1.807) is 13.0 Å². The molecule has 0 amide bonds. The van der Waals surface area contributed by atoms with E-state index in [0.717, 1.165) is 11.1 Å². The van der Waals surface area contributed by atoms with Crippen molar-refractivity contribution in [1.29, 1.82) is 0 Å². The topological polar surface area (TPSA) is 38.3 Å². The highest BCUT2D eigenvalue weighted by Gasteiger charge is 2.00. The predicted molar refractivity (Wildman–Crippen MR) is 64.9 cm³/mol. The molecule has 0 aliphatic carbocycles. The lowest BCUT2D eigenvalue weighted by molar-refractivity contribution is -0.142. The second-order valence-corrected chi connectivity index (χ2v) is 3.35. The molecule has 0 bridgehead atoms. The van der Waals surface area contributed by atoms with Gasteiger partial charge in [0.15, 0.2) is 0 Å². The Bertz CT molecular complexity index is 343. The van der Waals surface area contributed by atoms with E-state index in [1.165, 1.54) is 0 Å². The Morgan fingerprint density at radius 3 is 2.69 bits per heavy atom. The van der Waals surface area contributed by atoms with Crippen molar-refractivity contribution >= 4 is 12.0 Å². The number of carbonyl (C=O) groups excluding carboxylic acids is 1. The van der Waals surface area contributed by atoms with Crippen molar-refractivity contribution < 1.29 is 9.53 Å². The van der Waals surface area contributed by atoms with Gasteiger partial charge in [-0.3, -0.25) is 4.79 Å². The Balaban J connectivity index is 2.31. The van der Waals surface area contributed by atoms with Crippen LogP contribution in [0.1, 0.15) is 18.1 Å². The summed E-state index contributed by atoms with van der Waals surface area (Å²) in [5.41, 5.74) is 2.23. The molecular weight excluding hydrogens is 202 g/mol. The summed E-state index contributed by atoms with van der Waals surface area (Å²) in [6.45, 7) is 6.82. The minimum atomic E-state index is -0.217. The molecule has 0 atom stereocenters. The summed E-state index contributed by atoms with van der Waals surface area (Å²) in [5, 5.41) is 3.02. The van der Waals surface area contributed by atoms with Gasteiger partial charge in [0.2, 0.25) is 0 Å². The van der Waals surface area contributed by atoms with Crippen molar-refractivity contribution in [2.45, 2.75) is 13.5 Å². The van der Waals surface area contributed by atoms with Crippen LogP contribution in [0.5, 0.6) is 0 Å². The quantitative estimate of drug-likeness (QED) is 0.743. The van der Waals surface area contributed by atoms with E-state index in [9.17, 15) is 4.79 Å². The van der Waals surface area contributed by atoms with Gasteiger partial charge in [0.1, 0.15) is 0 Å². The minimum absolute atomic E-state index is 0.217. The fourth-order valence-electron chi connectivity index (χ4n) is 1.29. The van der Waals surface area contributed by atoms with Gasteiger partial charge in [0.25, 0.3) is 0 Å². The highest BCUT2D eigenvalue weighted by Crippen LogP contribution is 2.04. The number of nitrogens with one attached hydrogen (secondary N) is 1. The largest absolute Gasteiger partial charge is 0.465 e. The van der Waals surface area contributed by atoms with Crippen molar-refractivity contribution in [2.24, 2.45) is 0 Å². The summed E-state index contributed by atoms with van der Waals surface area (Å²) in [4.78, 5) is 11.0. The summed E-state index contributed by atoms with van der Waals surface area (Å²) < 4.78 is 4.80. The zero-order valence-corrected chi connectivity index (χ0v) is 9.53. The lowest BCUT2D eigenvalue weighted by atomic mass is 10.1. The van der Waals surface area contributed by atoms with Crippen LogP contribution in [0, 0.1) is 0 Å². The van der Waals surface area contributed by atoms with Crippen LogP contribution in [0.15, 0.2) is 30.8 Å². The fraction of sp³-hybridized carbons (Fsp3) is 0.308. The Labute approximate surface area is 96.1 Å². The predicted octanol–water partition coefficient (Wildman–Crippen LogP) is 1.98. The van der Waals surface area contributed by atoms with Gasteiger partial charge in [0.05, 0.1) is 13.2 Å². The van der Waals surface area contributed by atoms with E-state index in [1.807, 2.05) is 24.3 Å². The van der Waals surface area contributed by atoms with Gasteiger partial charge in [-0.25, -0.2) is 0 Å². The van der Waals surface area contributed by atoms with Crippen LogP contribution in [-0.4, -0.2) is 19.1 Å². The van der Waals surface area contributed by atoms with Crippen LogP contribution in [0.25, 0.3) is 6.08 Å². The Morgan fingerprint density at radius 1 is 1.44 bits per heavy atom. The lowest BCUT2D eigenvalue weighted by Crippen LogP contribution is -2.24. The second kappa shape index (κ2) is 6.80. The van der Waals surface area contributed by atoms with Crippen molar-refractivity contribution in [2.75, 3.05) is 13.2 Å². The van der Waals surface area contributed by atoms with E-state index in [2.05, 4.69) is 11.9 Å². The number of hydrogen-bond acceptors (Lipinski definition) is 3. The monoisotopic (exact) mass is 219 g/mol. The van der Waals surface area contributed by atoms with Crippen molar-refractivity contribution in [3.8, 4) is 0 Å². The van der Waals surface area contributed by atoms with Gasteiger partial charge >= 0.3 is 5.97 Å². The van der Waals surface area contributed by atoms with Gasteiger partial charge in [-0.05, 0) is 18.1 Å². The number of ether oxygens (including phenoxy) is 1. The average Bonchev–Trinajstić information content (AvgIpc) is 2.30. The summed E-state index contributed by atoms with van der Waals surface area (Å²) in [5.74, 6) is -0.217. The van der Waals surface area contributed by atoms with Crippen molar-refractivity contribution in [3.63, 3.8) is 0 Å². The summed E-state index contributed by atoms with van der Waals surface area (Å²) in [7, 11) is 0. The van der Waals surface area contributed by atoms with Gasteiger partial charge < -0.3 is 10.1 Å². The molecule has 86 valence electrons. The van der Waals surface area contributed by atoms with E-state index in [4.69, 9.17) is 4.74 Å². The number of rotatable bonds is 6. The molecule has 0 saturated heterocycles. The molecule has 1 N–H and O–H groups in total. The first-order chi connectivity index (χ1) is 7.76. The molecule has 0 saturated carbocycles. The molecule has 0 aliphatic heterocycles. The number of hydrogen-bond donors (Lipinski definition) is 1. The van der Waals surface area contributed by atoms with Crippen LogP contribution < -0.4 is 5.32 Å². The van der Waals surface area contributed by atoms with E-state index < -0.39 is 0 Å². The summed E-state index contributed by atoms with van der Waals surface area (Å²) in [6, 6.07) is 8.01. The molecular formula is C13H17NO2. The zero-order valence-electron chi connectivity index (χ0n) is 9.53. The molecule has 0 heterocycles. The first-order valence-electron chi connectivity index (χ1n) is 5.34. The molecule has 3 nitrogen and oxygen atoms in total. The Kier molecular flexibility index (Phi) is 5.29. The SMILES string of the molecule is C=Cc1ccc(CNCC(=O)OCC)cc1. The smallest absolute Gasteiger partial charge is 0.319 e. The van der Waals surface area contributed by atoms with E-state index in [0.29, 0.717) is 13.2 Å². The Morgan fingerprint density at radius 2 is 2.12 bits per heavy atom. The number of carbonyl (C=O) groups is 1. The highest BCUT2D eigenvalue weighted by molar-refractivity contribution is 5.71. The molecule has 1 rings (SSSR count). The molecule has 0 spiro atoms. The standard InChI is InChI=1S/C13H17NO2/c1-3-11-5-7-12(8-6-11)9-14-10-13(15)16-4-2/h3,5-8,14H,1,4,9-10H2,2H3. The van der Waals surface area contributed by atoms with E-state index in [-0.39, 0.29) is 12.5 Å². The number of benzene rings is 1. The lowest BCUT2D eigenvalue weighted by Gasteiger charge is -2.05. The van der Waals surface area contributed by atoms with Crippen LogP contribution in [0.2, 0.25) is 0 Å². The van der Waals surface area contributed by atoms with Crippen LogP contribution in [-0.2, 0) is 16.1 Å². The first kappa shape index (κ1) is 12.5. The third-order valence-electron chi connectivity index (χ3n) is 2.12. The number of esters is 1. The van der Waals surface area contributed by atoms with E-state index >= 15 is 0 Å². The average molecular weight is 219 g/mol. The zero-order chi connectivity index (χ0) is 11.8. The molecule has 0 unspecified atom stereocenters. The fourth-order valence-corrected chi connectivity index (χ4v) is 1.29. The summed E-state index contributed by atoms with van der Waals surface area (Å²) >= 11 is 0. The van der Waals surface area contributed by atoms with Crippen molar-refractivity contribution in [1.82, 2.24) is 5.32 Å². The minimum Gasteiger partial charge on any atom is -0.465 e. The highest BCUT2D eigenvalue weighted by atomic mass is 16.5. The summed E-state index contributed by atoms with van der Waals surface area (Å²) in [6.07, 6.45) is 1.80. The molecule has 0 radical (unpaired) electrons. The normalized spacial score (nSPS) is 9.81. The third kappa shape index (κ3) is 4.28. The molecule has 0 aromatic heterocycles. The van der Waals surface area contributed by atoms with Gasteiger partial charge in [0, 0.05) is 6.54 Å². The maximum absolute atomic E-state index is 11.0. The molecule has 1 aromatic rings. The Hall–Kier alpha value is -1.61. The van der Waals surface area contributed by atoms with Gasteiger partial charge in [-0.1, -0.05) is 36.9 Å². The second-order valence-electron chi connectivity index (χ2n) is 3.35. The van der Waals surface area contributed by atoms with Crippen LogP contribution >= 0.6 is 0 Å². The first-order valence-corrected chi connectivity index (χ1v) is 5.34. The maximum atomic E-state index is 11.0. The van der Waals surface area contributed by atoms with Crippen molar-refractivity contribution in [3.05, 3.63) is 42.0 Å². The molecule has 1 aromatic carbocycles. The third-order valence-corrected chi connectivity index (χ3v) is 2.12. The molecule has 16 heavy (non-hydrogen) atoms. The molecule has 0 aliphatic rings. The van der Waals surface area contributed by atoms with Gasteiger partial charge in [-0.2, -0.15) is 0 Å². The maximum Gasteiger partial charge on any atom is 0.319 e. The van der Waals surface area contributed by atoms with Crippen LogP contribution in [0.4, 0.5) is 0 Å².